The van der Waals surface area contributed by atoms with Crippen LogP contribution >= 0.6 is 0 Å². The molecule has 1 amide bonds. The van der Waals surface area contributed by atoms with Gasteiger partial charge in [0, 0.05) is 43.5 Å². The molecule has 2 aromatic heterocycles. The van der Waals surface area contributed by atoms with Crippen LogP contribution in [0.5, 0.6) is 0 Å². The molecule has 0 aliphatic carbocycles. The quantitative estimate of drug-likeness (QED) is 0.484. The number of nitrogens with one attached hydrogen (secondary N) is 2. The van der Waals surface area contributed by atoms with Crippen molar-refractivity contribution >= 4 is 33.1 Å². The first-order valence-corrected chi connectivity index (χ1v) is 15.9. The number of likely N-dealkylation sites (tertiary alicyclic amines) is 1. The third-order valence-electron chi connectivity index (χ3n) is 8.41. The maximum atomic E-state index is 14.0. The van der Waals surface area contributed by atoms with Gasteiger partial charge in [0.15, 0.2) is 5.65 Å². The lowest BCUT2D eigenvalue weighted by atomic mass is 9.97. The number of carbonyl (C=O) groups is 1. The minimum atomic E-state index is -3.54. The Labute approximate surface area is 229 Å². The first-order valence-electron chi connectivity index (χ1n) is 14.0. The number of sulfonamides is 1. The highest BCUT2D eigenvalue weighted by Gasteiger charge is 2.37. The standard InChI is InChI=1S/C28H37N7O3S/c1-4-19-8-9-22(32-39(3,37)38)21(13-19)28(36)34-12-6-5-7-25(34)23-14-26-30-27(18(2)15-35(26)31-23)33-16-20-10-11-29-24(20)17-33/h8-9,13-15,20,24-25,29,32H,4-7,10-12,16-17H2,1-3H3/t20-,24+,25-/m0/s1. The zero-order chi connectivity index (χ0) is 27.3. The second-order valence-electron chi connectivity index (χ2n) is 11.3. The van der Waals surface area contributed by atoms with E-state index in [1.165, 1.54) is 6.42 Å². The molecule has 6 rings (SSSR count). The summed E-state index contributed by atoms with van der Waals surface area (Å²) >= 11 is 0. The number of carbonyl (C=O) groups excluding carboxylic acids is 1. The van der Waals surface area contributed by atoms with Crippen molar-refractivity contribution in [2.24, 2.45) is 5.92 Å². The van der Waals surface area contributed by atoms with E-state index in [9.17, 15) is 13.2 Å². The van der Waals surface area contributed by atoms with Gasteiger partial charge >= 0.3 is 0 Å². The van der Waals surface area contributed by atoms with Crippen molar-refractivity contribution in [3.05, 3.63) is 52.8 Å². The van der Waals surface area contributed by atoms with E-state index in [-0.39, 0.29) is 11.9 Å². The fraction of sp³-hybridized carbons (Fsp3) is 0.536. The highest BCUT2D eigenvalue weighted by Crippen LogP contribution is 2.35. The van der Waals surface area contributed by atoms with Crippen LogP contribution in [0.4, 0.5) is 11.5 Å². The number of hydrogen-bond acceptors (Lipinski definition) is 7. The van der Waals surface area contributed by atoms with Crippen LogP contribution in [-0.2, 0) is 16.4 Å². The molecule has 0 radical (unpaired) electrons. The third kappa shape index (κ3) is 5.09. The van der Waals surface area contributed by atoms with Gasteiger partial charge in [-0.1, -0.05) is 13.0 Å². The van der Waals surface area contributed by atoms with E-state index in [2.05, 4.69) is 21.9 Å². The number of benzene rings is 1. The molecule has 11 heteroatoms. The highest BCUT2D eigenvalue weighted by molar-refractivity contribution is 7.92. The van der Waals surface area contributed by atoms with Crippen LogP contribution in [0.25, 0.3) is 5.65 Å². The molecule has 3 saturated heterocycles. The third-order valence-corrected chi connectivity index (χ3v) is 9.00. The molecule has 0 bridgehead atoms. The summed E-state index contributed by atoms with van der Waals surface area (Å²) in [6, 6.07) is 7.69. The molecule has 1 aromatic carbocycles. The van der Waals surface area contributed by atoms with E-state index < -0.39 is 10.0 Å². The second kappa shape index (κ2) is 10.1. The molecule has 5 heterocycles. The van der Waals surface area contributed by atoms with Crippen molar-refractivity contribution in [1.82, 2.24) is 24.8 Å². The Morgan fingerprint density at radius 3 is 2.79 bits per heavy atom. The van der Waals surface area contributed by atoms with Gasteiger partial charge < -0.3 is 15.1 Å². The fourth-order valence-corrected chi connectivity index (χ4v) is 7.02. The largest absolute Gasteiger partial charge is 0.354 e. The van der Waals surface area contributed by atoms with Gasteiger partial charge in [-0.15, -0.1) is 0 Å². The molecule has 3 aliphatic rings. The van der Waals surface area contributed by atoms with Crippen LogP contribution in [0.1, 0.15) is 65.8 Å². The first-order chi connectivity index (χ1) is 18.7. The lowest BCUT2D eigenvalue weighted by Crippen LogP contribution is -2.39. The van der Waals surface area contributed by atoms with Gasteiger partial charge in [-0.2, -0.15) is 5.10 Å². The van der Waals surface area contributed by atoms with Crippen LogP contribution in [0.15, 0.2) is 30.5 Å². The van der Waals surface area contributed by atoms with Gasteiger partial charge in [-0.25, -0.2) is 17.9 Å². The SMILES string of the molecule is CCc1ccc(NS(C)(=O)=O)c(C(=O)N2CCCC[C@H]2c2cc3nc(N4C[C@@H]5CCN[C@@H]5C4)c(C)cn3n2)c1. The number of amides is 1. The van der Waals surface area contributed by atoms with E-state index in [4.69, 9.17) is 10.1 Å². The van der Waals surface area contributed by atoms with Gasteiger partial charge in [-0.3, -0.25) is 9.52 Å². The van der Waals surface area contributed by atoms with Crippen molar-refractivity contribution in [2.45, 2.75) is 58.0 Å². The maximum absolute atomic E-state index is 14.0. The second-order valence-corrected chi connectivity index (χ2v) is 13.0. The summed E-state index contributed by atoms with van der Waals surface area (Å²) < 4.78 is 28.4. The highest BCUT2D eigenvalue weighted by atomic mass is 32.2. The molecule has 3 aromatic rings. The molecule has 2 N–H and O–H groups in total. The number of nitrogens with zero attached hydrogens (tertiary/aromatic N) is 5. The van der Waals surface area contributed by atoms with Crippen LogP contribution in [-0.4, -0.2) is 72.3 Å². The van der Waals surface area contributed by atoms with Crippen molar-refractivity contribution in [1.29, 1.82) is 0 Å². The van der Waals surface area contributed by atoms with Crippen LogP contribution < -0.4 is 14.9 Å². The van der Waals surface area contributed by atoms with Crippen LogP contribution in [0, 0.1) is 12.8 Å². The summed E-state index contributed by atoms with van der Waals surface area (Å²) in [5.74, 6) is 1.51. The smallest absolute Gasteiger partial charge is 0.256 e. The summed E-state index contributed by atoms with van der Waals surface area (Å²) in [7, 11) is -3.54. The number of piperidine rings is 1. The normalized spacial score (nSPS) is 23.4. The zero-order valence-corrected chi connectivity index (χ0v) is 23.7. The van der Waals surface area contributed by atoms with E-state index >= 15 is 0 Å². The number of hydrogen-bond donors (Lipinski definition) is 2. The minimum Gasteiger partial charge on any atom is -0.354 e. The topological polar surface area (TPSA) is 112 Å². The molecule has 3 fully saturated rings. The van der Waals surface area contributed by atoms with Crippen molar-refractivity contribution < 1.29 is 13.2 Å². The Morgan fingerprint density at radius 1 is 1.18 bits per heavy atom. The molecular formula is C28H37N7O3S. The van der Waals surface area contributed by atoms with Crippen molar-refractivity contribution in [3.63, 3.8) is 0 Å². The van der Waals surface area contributed by atoms with Crippen LogP contribution in [0.2, 0.25) is 0 Å². The first kappa shape index (κ1) is 26.1. The van der Waals surface area contributed by atoms with Gasteiger partial charge in [0.05, 0.1) is 29.2 Å². The monoisotopic (exact) mass is 551 g/mol. The molecule has 3 atom stereocenters. The van der Waals surface area contributed by atoms with Crippen molar-refractivity contribution in [2.75, 3.05) is 42.1 Å². The summed E-state index contributed by atoms with van der Waals surface area (Å²) in [4.78, 5) is 23.2. The van der Waals surface area contributed by atoms with Crippen LogP contribution in [0.3, 0.4) is 0 Å². The minimum absolute atomic E-state index is 0.181. The summed E-state index contributed by atoms with van der Waals surface area (Å²) in [5, 5.41) is 8.49. The molecule has 0 unspecified atom stereocenters. The van der Waals surface area contributed by atoms with Gasteiger partial charge in [0.2, 0.25) is 10.0 Å². The summed E-state index contributed by atoms with van der Waals surface area (Å²) in [6.45, 7) is 7.79. The molecule has 3 aliphatic heterocycles. The van der Waals surface area contributed by atoms with Gasteiger partial charge in [0.25, 0.3) is 5.91 Å². The van der Waals surface area contributed by atoms with E-state index in [1.54, 1.807) is 6.07 Å². The van der Waals surface area contributed by atoms with E-state index in [1.807, 2.05) is 40.7 Å². The Bertz CT molecular complexity index is 1510. The van der Waals surface area contributed by atoms with E-state index in [0.29, 0.717) is 29.8 Å². The molecular weight excluding hydrogens is 514 g/mol. The maximum Gasteiger partial charge on any atom is 0.256 e. The van der Waals surface area contributed by atoms with Gasteiger partial charge in [0.1, 0.15) is 5.82 Å². The number of aryl methyl sites for hydroxylation is 2. The molecule has 39 heavy (non-hydrogen) atoms. The number of fused-ring (bicyclic) bond motifs is 2. The van der Waals surface area contributed by atoms with E-state index in [0.717, 1.165) is 79.9 Å². The number of aromatic nitrogens is 3. The predicted molar refractivity (Wildman–Crippen MR) is 152 cm³/mol. The lowest BCUT2D eigenvalue weighted by molar-refractivity contribution is 0.0606. The lowest BCUT2D eigenvalue weighted by Gasteiger charge is -2.35. The Hall–Kier alpha value is -3.18. The Morgan fingerprint density at radius 2 is 2.03 bits per heavy atom. The van der Waals surface area contributed by atoms with Gasteiger partial charge in [-0.05, 0) is 69.2 Å². The predicted octanol–water partition coefficient (Wildman–Crippen LogP) is 3.14. The summed E-state index contributed by atoms with van der Waals surface area (Å²) in [5.41, 5.74) is 4.34. The molecule has 10 nitrogen and oxygen atoms in total. The Kier molecular flexibility index (Phi) is 6.74. The number of rotatable bonds is 6. The average molecular weight is 552 g/mol. The van der Waals surface area contributed by atoms with Crippen molar-refractivity contribution in [3.8, 4) is 0 Å². The molecule has 0 spiro atoms. The molecule has 0 saturated carbocycles. The molecule has 208 valence electrons. The summed E-state index contributed by atoms with van der Waals surface area (Å²) in [6.07, 6.45) is 7.79. The number of anilines is 2. The zero-order valence-electron chi connectivity index (χ0n) is 22.9. The Balaban J connectivity index is 1.32. The average Bonchev–Trinajstić information content (AvgIpc) is 3.62. The fourth-order valence-electron chi connectivity index (χ4n) is 6.44.